The van der Waals surface area contributed by atoms with Crippen LogP contribution in [0.4, 0.5) is 0 Å². The number of nitrogens with zero attached hydrogens (tertiary/aromatic N) is 4. The average molecular weight is 539 g/mol. The molecule has 0 aliphatic rings. The van der Waals surface area contributed by atoms with E-state index in [9.17, 15) is 4.79 Å². The van der Waals surface area contributed by atoms with E-state index in [4.69, 9.17) is 37.7 Å². The second-order valence-corrected chi connectivity index (χ2v) is 10.5. The fourth-order valence-electron chi connectivity index (χ4n) is 3.80. The minimum absolute atomic E-state index is 0.0528. The monoisotopic (exact) mass is 538 g/mol. The van der Waals surface area contributed by atoms with Crippen molar-refractivity contribution >= 4 is 23.2 Å². The molecule has 0 atom stereocenters. The summed E-state index contributed by atoms with van der Waals surface area (Å²) >= 11 is 13.0. The van der Waals surface area contributed by atoms with Gasteiger partial charge in [-0.25, -0.2) is 9.97 Å². The van der Waals surface area contributed by atoms with Crippen LogP contribution in [0.3, 0.4) is 0 Å². The van der Waals surface area contributed by atoms with Crippen LogP contribution in [0, 0.1) is 13.8 Å². The Morgan fingerprint density at radius 1 is 1.03 bits per heavy atom. The molecule has 4 rings (SSSR count). The van der Waals surface area contributed by atoms with E-state index in [-0.39, 0.29) is 22.9 Å². The van der Waals surface area contributed by atoms with Crippen molar-refractivity contribution in [2.45, 2.75) is 46.6 Å². The first-order valence-electron chi connectivity index (χ1n) is 11.7. The molecule has 0 unspecified atom stereocenters. The highest BCUT2D eigenvalue weighted by molar-refractivity contribution is 6.33. The van der Waals surface area contributed by atoms with Crippen LogP contribution in [0.1, 0.15) is 43.5 Å². The molecule has 0 saturated carbocycles. The smallest absolute Gasteiger partial charge is 0.280 e. The number of benzene rings is 2. The predicted molar refractivity (Wildman–Crippen MR) is 146 cm³/mol. The van der Waals surface area contributed by atoms with Crippen molar-refractivity contribution in [2.24, 2.45) is 0 Å². The summed E-state index contributed by atoms with van der Waals surface area (Å²) < 4.78 is 12.4. The van der Waals surface area contributed by atoms with Gasteiger partial charge in [-0.2, -0.15) is 4.98 Å². The van der Waals surface area contributed by atoms with Gasteiger partial charge in [-0.05, 0) is 49.2 Å². The van der Waals surface area contributed by atoms with Crippen LogP contribution in [-0.4, -0.2) is 26.6 Å². The molecule has 2 aromatic carbocycles. The number of hydrogen-bond donors (Lipinski definition) is 0. The van der Waals surface area contributed by atoms with Gasteiger partial charge >= 0.3 is 0 Å². The Hall–Kier alpha value is -3.42. The fourth-order valence-corrected chi connectivity index (χ4v) is 4.19. The summed E-state index contributed by atoms with van der Waals surface area (Å²) in [5, 5.41) is 0.239. The summed E-state index contributed by atoms with van der Waals surface area (Å²) in [6.07, 6.45) is 1.81. The molecule has 4 aromatic rings. The maximum absolute atomic E-state index is 13.4. The number of methoxy groups -OCH3 is 1. The van der Waals surface area contributed by atoms with Crippen molar-refractivity contribution in [3.8, 4) is 28.6 Å². The van der Waals surface area contributed by atoms with Crippen LogP contribution >= 0.6 is 23.2 Å². The van der Waals surface area contributed by atoms with Crippen LogP contribution in [-0.2, 0) is 12.0 Å². The van der Waals surface area contributed by atoms with Crippen LogP contribution in [0.5, 0.6) is 11.6 Å². The van der Waals surface area contributed by atoms with E-state index in [1.165, 1.54) is 4.57 Å². The van der Waals surface area contributed by atoms with E-state index < -0.39 is 5.56 Å². The molecule has 0 radical (unpaired) electrons. The van der Waals surface area contributed by atoms with Gasteiger partial charge in [-0.1, -0.05) is 62.2 Å². The standard InChI is InChI=1S/C28H28Cl2N4O3/c1-16-14-31-27(28(3,4)5)33-24(16)19-10-11-21(29)22(13-19)34-17(2)32-25(23(30)26(34)35)37-15-18-8-7-9-20(12-18)36-6/h7-14H,15H2,1-6H3. The number of halogens is 2. The second-order valence-electron chi connectivity index (χ2n) is 9.70. The summed E-state index contributed by atoms with van der Waals surface area (Å²) in [6.45, 7) is 10.00. The lowest BCUT2D eigenvalue weighted by molar-refractivity contribution is 0.291. The second kappa shape index (κ2) is 10.5. The first-order chi connectivity index (χ1) is 17.5. The zero-order chi connectivity index (χ0) is 26.9. The molecule has 2 aromatic heterocycles. The number of ether oxygens (including phenoxy) is 2. The van der Waals surface area contributed by atoms with Gasteiger partial charge in [0.1, 0.15) is 24.0 Å². The Balaban J connectivity index is 1.73. The lowest BCUT2D eigenvalue weighted by Gasteiger charge is -2.19. The maximum Gasteiger partial charge on any atom is 0.280 e. The summed E-state index contributed by atoms with van der Waals surface area (Å²) in [5.41, 5.74) is 3.07. The topological polar surface area (TPSA) is 79.1 Å². The van der Waals surface area contributed by atoms with Crippen molar-refractivity contribution < 1.29 is 9.47 Å². The molecule has 7 nitrogen and oxygen atoms in total. The van der Waals surface area contributed by atoms with Crippen molar-refractivity contribution in [3.63, 3.8) is 0 Å². The van der Waals surface area contributed by atoms with Crippen molar-refractivity contribution in [1.29, 1.82) is 0 Å². The molecular weight excluding hydrogens is 511 g/mol. The number of rotatable bonds is 6. The van der Waals surface area contributed by atoms with Gasteiger partial charge in [0.15, 0.2) is 5.02 Å². The number of hydrogen-bond acceptors (Lipinski definition) is 6. The number of aryl methyl sites for hydroxylation is 2. The third-order valence-corrected chi connectivity index (χ3v) is 6.42. The van der Waals surface area contributed by atoms with Gasteiger partial charge in [0, 0.05) is 17.2 Å². The normalized spacial score (nSPS) is 11.5. The first-order valence-corrected chi connectivity index (χ1v) is 12.4. The summed E-state index contributed by atoms with van der Waals surface area (Å²) in [7, 11) is 1.59. The van der Waals surface area contributed by atoms with E-state index in [0.29, 0.717) is 22.3 Å². The molecule has 9 heteroatoms. The lowest BCUT2D eigenvalue weighted by Crippen LogP contribution is -2.24. The molecule has 0 saturated heterocycles. The summed E-state index contributed by atoms with van der Waals surface area (Å²) in [6, 6.07) is 12.8. The third-order valence-electron chi connectivity index (χ3n) is 5.78. The van der Waals surface area contributed by atoms with Crippen LogP contribution in [0.2, 0.25) is 10.0 Å². The van der Waals surface area contributed by atoms with Crippen molar-refractivity contribution in [3.05, 3.63) is 91.8 Å². The molecule has 0 spiro atoms. The molecule has 0 N–H and O–H groups in total. The average Bonchev–Trinajstić information content (AvgIpc) is 2.86. The van der Waals surface area contributed by atoms with Gasteiger partial charge in [-0.3, -0.25) is 9.36 Å². The Morgan fingerprint density at radius 3 is 2.49 bits per heavy atom. The zero-order valence-electron chi connectivity index (χ0n) is 21.6. The summed E-state index contributed by atoms with van der Waals surface area (Å²) in [4.78, 5) is 27.1. The van der Waals surface area contributed by atoms with Crippen LogP contribution in [0.15, 0.2) is 53.5 Å². The van der Waals surface area contributed by atoms with E-state index in [0.717, 1.165) is 28.2 Å². The van der Waals surface area contributed by atoms with Crippen LogP contribution < -0.4 is 15.0 Å². The van der Waals surface area contributed by atoms with E-state index in [1.807, 2.05) is 49.5 Å². The van der Waals surface area contributed by atoms with E-state index >= 15 is 0 Å². The van der Waals surface area contributed by atoms with Crippen molar-refractivity contribution in [1.82, 2.24) is 19.5 Å². The number of aromatic nitrogens is 4. The molecule has 0 amide bonds. The maximum atomic E-state index is 13.4. The minimum Gasteiger partial charge on any atom is -0.497 e. The molecular formula is C28H28Cl2N4O3. The van der Waals surface area contributed by atoms with E-state index in [2.05, 4.69) is 30.7 Å². The zero-order valence-corrected chi connectivity index (χ0v) is 23.1. The van der Waals surface area contributed by atoms with Gasteiger partial charge in [-0.15, -0.1) is 0 Å². The third kappa shape index (κ3) is 5.63. The molecule has 0 fully saturated rings. The largest absolute Gasteiger partial charge is 0.497 e. The van der Waals surface area contributed by atoms with E-state index in [1.54, 1.807) is 20.1 Å². The molecule has 0 aliphatic carbocycles. The Kier molecular flexibility index (Phi) is 7.57. The fraction of sp³-hybridized carbons (Fsp3) is 0.286. The minimum atomic E-state index is -0.483. The van der Waals surface area contributed by atoms with Crippen molar-refractivity contribution in [2.75, 3.05) is 7.11 Å². The van der Waals surface area contributed by atoms with Gasteiger partial charge in [0.25, 0.3) is 5.56 Å². The Labute approximate surface area is 226 Å². The molecule has 2 heterocycles. The highest BCUT2D eigenvalue weighted by atomic mass is 35.5. The molecule has 0 bridgehead atoms. The quantitative estimate of drug-likeness (QED) is 0.278. The Morgan fingerprint density at radius 2 is 1.78 bits per heavy atom. The SMILES string of the molecule is COc1cccc(COc2nc(C)n(-c3cc(-c4nc(C(C)(C)C)ncc4C)ccc3Cl)c(=O)c2Cl)c1. The first kappa shape index (κ1) is 26.6. The van der Waals surface area contributed by atoms with Gasteiger partial charge < -0.3 is 9.47 Å². The van der Waals surface area contributed by atoms with Gasteiger partial charge in [0.05, 0.1) is 23.5 Å². The van der Waals surface area contributed by atoms with Gasteiger partial charge in [0.2, 0.25) is 5.88 Å². The van der Waals surface area contributed by atoms with Crippen LogP contribution in [0.25, 0.3) is 16.9 Å². The highest BCUT2D eigenvalue weighted by Crippen LogP contribution is 2.31. The summed E-state index contributed by atoms with van der Waals surface area (Å²) in [5.74, 6) is 1.86. The Bertz CT molecular complexity index is 1530. The lowest BCUT2D eigenvalue weighted by atomic mass is 9.95. The predicted octanol–water partition coefficient (Wildman–Crippen LogP) is 6.50. The highest BCUT2D eigenvalue weighted by Gasteiger charge is 2.21. The molecule has 192 valence electrons. The molecule has 37 heavy (non-hydrogen) atoms. The molecule has 0 aliphatic heterocycles.